The zero-order valence-corrected chi connectivity index (χ0v) is 20.2. The molecular formula is C17H7F5I3O4-. The minimum atomic E-state index is -4.73. The van der Waals surface area contributed by atoms with E-state index in [0.717, 1.165) is 0 Å². The van der Waals surface area contributed by atoms with Crippen LogP contribution < -0.4 is 5.11 Å². The van der Waals surface area contributed by atoms with Crippen molar-refractivity contribution in [1.82, 2.24) is 0 Å². The lowest BCUT2D eigenvalue weighted by Gasteiger charge is -2.28. The highest BCUT2D eigenvalue weighted by molar-refractivity contribution is 14.1. The van der Waals surface area contributed by atoms with Crippen molar-refractivity contribution in [3.05, 3.63) is 63.8 Å². The summed E-state index contributed by atoms with van der Waals surface area (Å²) in [5.41, 5.74) is -1.85. The molecule has 0 amide bonds. The molecule has 0 fully saturated rings. The highest BCUT2D eigenvalue weighted by atomic mass is 127. The summed E-state index contributed by atoms with van der Waals surface area (Å²) in [6, 6.07) is 5.29. The van der Waals surface area contributed by atoms with Crippen molar-refractivity contribution in [1.29, 1.82) is 0 Å². The van der Waals surface area contributed by atoms with Gasteiger partial charge < -0.3 is 14.6 Å². The van der Waals surface area contributed by atoms with E-state index in [1.165, 1.54) is 6.07 Å². The summed E-state index contributed by atoms with van der Waals surface area (Å²) in [6.45, 7) is 0. The largest absolute Gasteiger partial charge is 0.544 e. The molecule has 0 aliphatic carbocycles. The van der Waals surface area contributed by atoms with E-state index in [-0.39, 0.29) is 5.56 Å². The lowest BCUT2D eigenvalue weighted by Crippen LogP contribution is -2.47. The van der Waals surface area contributed by atoms with Crippen LogP contribution in [0.25, 0.3) is 0 Å². The van der Waals surface area contributed by atoms with Gasteiger partial charge in [-0.25, -0.2) is 4.79 Å². The number of ether oxygens (including phenoxy) is 1. The molecule has 12 heteroatoms. The molecule has 2 aromatic rings. The van der Waals surface area contributed by atoms with Crippen LogP contribution in [0.4, 0.5) is 22.0 Å². The van der Waals surface area contributed by atoms with Crippen molar-refractivity contribution < 1.29 is 41.4 Å². The van der Waals surface area contributed by atoms with Crippen LogP contribution in [0.2, 0.25) is 0 Å². The van der Waals surface area contributed by atoms with Crippen LogP contribution in [0.15, 0.2) is 36.4 Å². The Morgan fingerprint density at radius 2 is 1.52 bits per heavy atom. The second-order valence-electron chi connectivity index (χ2n) is 5.56. The van der Waals surface area contributed by atoms with Crippen LogP contribution in [0.5, 0.6) is 0 Å². The van der Waals surface area contributed by atoms with Crippen molar-refractivity contribution in [3.63, 3.8) is 0 Å². The van der Waals surface area contributed by atoms with E-state index in [2.05, 4.69) is 0 Å². The maximum Gasteiger partial charge on any atom is 0.416 e. The average Bonchev–Trinajstić information content (AvgIpc) is 2.61. The summed E-state index contributed by atoms with van der Waals surface area (Å²) >= 11 is 5.60. The lowest BCUT2D eigenvalue weighted by molar-refractivity contribution is -0.336. The molecule has 29 heavy (non-hydrogen) atoms. The van der Waals surface area contributed by atoms with Crippen LogP contribution in [0.1, 0.15) is 27.6 Å². The number of halogens is 8. The first kappa shape index (κ1) is 24.5. The van der Waals surface area contributed by atoms with E-state index in [9.17, 15) is 36.6 Å². The van der Waals surface area contributed by atoms with Gasteiger partial charge in [0.1, 0.15) is 5.97 Å². The molecule has 0 saturated heterocycles. The molecule has 2 aromatic carbocycles. The number of rotatable bonds is 5. The van der Waals surface area contributed by atoms with Crippen LogP contribution in [0.3, 0.4) is 0 Å². The second-order valence-corrected chi connectivity index (χ2v) is 9.05. The monoisotopic (exact) mass is 751 g/mol. The number of aliphatic carboxylic acids is 1. The molecule has 156 valence electrons. The third kappa shape index (κ3) is 5.68. The van der Waals surface area contributed by atoms with E-state index < -0.39 is 41.3 Å². The zero-order valence-electron chi connectivity index (χ0n) is 13.7. The molecule has 0 saturated carbocycles. The summed E-state index contributed by atoms with van der Waals surface area (Å²) in [4.78, 5) is 23.4. The normalized spacial score (nSPS) is 13.1. The summed E-state index contributed by atoms with van der Waals surface area (Å²) < 4.78 is 72.9. The Balaban J connectivity index is 2.48. The number of alkyl halides is 5. The van der Waals surface area contributed by atoms with Gasteiger partial charge in [0.05, 0.1) is 11.1 Å². The van der Waals surface area contributed by atoms with Crippen molar-refractivity contribution >= 4 is 79.7 Å². The van der Waals surface area contributed by atoms with Gasteiger partial charge in [0.2, 0.25) is 0 Å². The predicted octanol–water partition coefficient (Wildman–Crippen LogP) is 4.80. The maximum absolute atomic E-state index is 14.2. The molecule has 0 bridgehead atoms. The van der Waals surface area contributed by atoms with Gasteiger partial charge in [-0.05, 0) is 97.6 Å². The molecule has 0 aliphatic heterocycles. The molecule has 4 nitrogen and oxygen atoms in total. The van der Waals surface area contributed by atoms with Gasteiger partial charge in [0.25, 0.3) is 0 Å². The highest BCUT2D eigenvalue weighted by Crippen LogP contribution is 2.37. The van der Waals surface area contributed by atoms with Gasteiger partial charge in [-0.2, -0.15) is 22.0 Å². The first-order valence-electron chi connectivity index (χ1n) is 7.37. The van der Waals surface area contributed by atoms with Crippen LogP contribution >= 0.6 is 67.8 Å². The number of carboxylic acid groups (broad SMARTS) is 1. The summed E-state index contributed by atoms with van der Waals surface area (Å²) in [7, 11) is 0. The smallest absolute Gasteiger partial charge is 0.416 e. The number of hydrogen-bond acceptors (Lipinski definition) is 4. The highest BCUT2D eigenvalue weighted by Gasteiger charge is 2.46. The fourth-order valence-corrected chi connectivity index (χ4v) is 4.56. The first-order valence-corrected chi connectivity index (χ1v) is 10.6. The van der Waals surface area contributed by atoms with Gasteiger partial charge in [0, 0.05) is 10.7 Å². The number of carbonyl (C=O) groups excluding carboxylic acids is 2. The van der Waals surface area contributed by atoms with Gasteiger partial charge in [-0.15, -0.1) is 0 Å². The molecule has 0 heterocycles. The van der Waals surface area contributed by atoms with Crippen molar-refractivity contribution in [2.45, 2.75) is 18.2 Å². The molecule has 0 spiro atoms. The Labute approximate surface area is 201 Å². The standard InChI is InChI=1S/C17H8F5I3O4/c18-16(19,15(27)28)13(7-1-3-8(4-2-7)17(20,21)22)29-14(26)10-5-9(23)6-11(24)12(10)25/h1-6,13H,(H,27,28)/p-1. The zero-order chi connectivity index (χ0) is 22.1. The number of carboxylic acids is 1. The topological polar surface area (TPSA) is 66.4 Å². The average molecular weight is 751 g/mol. The Bertz CT molecular complexity index is 945. The molecule has 0 aliphatic rings. The fraction of sp³-hybridized carbons (Fsp3) is 0.176. The Morgan fingerprint density at radius 1 is 0.966 bits per heavy atom. The van der Waals surface area contributed by atoms with Crippen LogP contribution in [0, 0.1) is 10.7 Å². The Kier molecular flexibility index (Phi) is 7.73. The van der Waals surface area contributed by atoms with Gasteiger partial charge in [0.15, 0.2) is 6.10 Å². The van der Waals surface area contributed by atoms with Crippen molar-refractivity contribution in [3.8, 4) is 0 Å². The second kappa shape index (κ2) is 9.15. The quantitative estimate of drug-likeness (QED) is 0.191. The summed E-state index contributed by atoms with van der Waals surface area (Å²) in [5, 5.41) is 10.9. The maximum atomic E-state index is 14.2. The third-order valence-electron chi connectivity index (χ3n) is 3.58. The Morgan fingerprint density at radius 3 is 2.00 bits per heavy atom. The van der Waals surface area contributed by atoms with Gasteiger partial charge in [-0.1, -0.05) is 12.1 Å². The van der Waals surface area contributed by atoms with Crippen molar-refractivity contribution in [2.24, 2.45) is 0 Å². The number of carbonyl (C=O) groups is 2. The lowest BCUT2D eigenvalue weighted by atomic mass is 10.0. The Hall–Kier alpha value is -0.780. The van der Waals surface area contributed by atoms with E-state index in [1.54, 1.807) is 28.7 Å². The minimum absolute atomic E-state index is 0.0899. The summed E-state index contributed by atoms with van der Waals surface area (Å²) in [6.07, 6.45) is -7.41. The van der Waals surface area contributed by atoms with Crippen molar-refractivity contribution in [2.75, 3.05) is 0 Å². The van der Waals surface area contributed by atoms with E-state index in [1.807, 2.05) is 45.2 Å². The molecular weight excluding hydrogens is 744 g/mol. The number of hydrogen-bond donors (Lipinski definition) is 0. The molecule has 1 atom stereocenters. The minimum Gasteiger partial charge on any atom is -0.544 e. The van der Waals surface area contributed by atoms with Gasteiger partial charge in [-0.3, -0.25) is 0 Å². The van der Waals surface area contributed by atoms with Crippen LogP contribution in [-0.4, -0.2) is 17.9 Å². The predicted molar refractivity (Wildman–Crippen MR) is 114 cm³/mol. The van der Waals surface area contributed by atoms with E-state index in [0.29, 0.717) is 35.0 Å². The fourth-order valence-electron chi connectivity index (χ4n) is 2.18. The third-order valence-corrected chi connectivity index (χ3v) is 7.25. The molecule has 1 unspecified atom stereocenters. The van der Waals surface area contributed by atoms with Crippen LogP contribution in [-0.2, 0) is 15.7 Å². The molecule has 0 N–H and O–H groups in total. The number of esters is 1. The number of benzene rings is 2. The molecule has 0 radical (unpaired) electrons. The molecule has 0 aromatic heterocycles. The van der Waals surface area contributed by atoms with E-state index >= 15 is 0 Å². The van der Waals surface area contributed by atoms with E-state index in [4.69, 9.17) is 4.74 Å². The molecule has 2 rings (SSSR count). The van der Waals surface area contributed by atoms with Gasteiger partial charge >= 0.3 is 18.1 Å². The SMILES string of the molecule is O=C(OC(c1ccc(C(F)(F)F)cc1)C(F)(F)C(=O)[O-])c1cc(I)cc(I)c1I. The first-order chi connectivity index (χ1) is 13.2. The summed E-state index contributed by atoms with van der Waals surface area (Å²) in [5.74, 6) is -8.77.